The maximum absolute atomic E-state index is 12.0. The summed E-state index contributed by atoms with van der Waals surface area (Å²) in [6.45, 7) is 0. The molecule has 1 N–H and O–H groups in total. The molecule has 0 saturated carbocycles. The Labute approximate surface area is 114 Å². The van der Waals surface area contributed by atoms with E-state index in [0.29, 0.717) is 10.9 Å². The monoisotopic (exact) mass is 288 g/mol. The number of carbonyl (C=O) groups is 2. The molecular formula is C14H8O5S. The number of benzene rings is 2. The average molecular weight is 288 g/mol. The van der Waals surface area contributed by atoms with Crippen LogP contribution in [0.15, 0.2) is 41.3 Å². The third-order valence-corrected chi connectivity index (χ3v) is 4.06. The van der Waals surface area contributed by atoms with Crippen molar-refractivity contribution < 1.29 is 22.6 Å². The van der Waals surface area contributed by atoms with Crippen LogP contribution in [0.3, 0.4) is 0 Å². The minimum absolute atomic E-state index is 0.140. The highest BCUT2D eigenvalue weighted by Crippen LogP contribution is 2.30. The molecule has 0 spiro atoms. The molecule has 3 rings (SSSR count). The first-order chi connectivity index (χ1) is 9.39. The molecule has 0 aliphatic heterocycles. The Balaban J connectivity index is 2.45. The Bertz CT molecular complexity index is 906. The molecule has 1 aliphatic carbocycles. The highest BCUT2D eigenvalue weighted by Gasteiger charge is 2.34. The Kier molecular flexibility index (Phi) is 2.60. The van der Waals surface area contributed by atoms with Crippen molar-refractivity contribution in [3.63, 3.8) is 0 Å². The van der Waals surface area contributed by atoms with Crippen LogP contribution in [0.1, 0.15) is 15.9 Å². The van der Waals surface area contributed by atoms with Gasteiger partial charge >= 0.3 is 0 Å². The number of rotatable bonds is 1. The van der Waals surface area contributed by atoms with Gasteiger partial charge in [-0.25, -0.2) is 0 Å². The molecule has 2 aromatic carbocycles. The molecule has 6 heteroatoms. The number of ketones is 2. The normalized spacial score (nSPS) is 15.2. The molecule has 20 heavy (non-hydrogen) atoms. The zero-order valence-corrected chi connectivity index (χ0v) is 10.8. The SMILES string of the molecule is O=C1C(=O)c2ccc3ccccc3c2C=C1S(=O)(=O)O. The first-order valence-corrected chi connectivity index (χ1v) is 7.13. The molecular weight excluding hydrogens is 280 g/mol. The average Bonchev–Trinajstić information content (AvgIpc) is 2.41. The molecule has 0 saturated heterocycles. The van der Waals surface area contributed by atoms with Crippen LogP contribution < -0.4 is 0 Å². The van der Waals surface area contributed by atoms with Crippen LogP contribution in [0.25, 0.3) is 16.8 Å². The summed E-state index contributed by atoms with van der Waals surface area (Å²) < 4.78 is 31.5. The van der Waals surface area contributed by atoms with E-state index in [4.69, 9.17) is 4.55 Å². The number of hydrogen-bond donors (Lipinski definition) is 1. The zero-order valence-electron chi connectivity index (χ0n) is 10.0. The topological polar surface area (TPSA) is 88.5 Å². The largest absolute Gasteiger partial charge is 0.298 e. The standard InChI is InChI=1S/C14H8O5S/c15-13-10-6-5-8-3-1-2-4-9(8)11(10)7-12(14(13)16)20(17,18)19/h1-7H,(H,17,18,19). The van der Waals surface area contributed by atoms with E-state index in [2.05, 4.69) is 0 Å². The second-order valence-electron chi connectivity index (χ2n) is 4.39. The lowest BCUT2D eigenvalue weighted by Gasteiger charge is -2.14. The molecule has 0 heterocycles. The number of fused-ring (bicyclic) bond motifs is 3. The minimum Gasteiger partial charge on any atom is -0.285 e. The van der Waals surface area contributed by atoms with Crippen molar-refractivity contribution in [2.45, 2.75) is 0 Å². The lowest BCUT2D eigenvalue weighted by atomic mass is 9.91. The summed E-state index contributed by atoms with van der Waals surface area (Å²) in [7, 11) is -4.73. The van der Waals surface area contributed by atoms with E-state index in [-0.39, 0.29) is 5.56 Å². The van der Waals surface area contributed by atoms with E-state index in [9.17, 15) is 18.0 Å². The molecule has 0 amide bonds. The predicted octanol–water partition coefficient (Wildman–Crippen LogP) is 1.83. The highest BCUT2D eigenvalue weighted by molar-refractivity contribution is 7.91. The van der Waals surface area contributed by atoms with Gasteiger partial charge in [0.2, 0.25) is 11.6 Å². The van der Waals surface area contributed by atoms with E-state index in [1.807, 2.05) is 0 Å². The molecule has 0 bridgehead atoms. The molecule has 0 aromatic heterocycles. The van der Waals surface area contributed by atoms with E-state index in [1.54, 1.807) is 30.3 Å². The predicted molar refractivity (Wildman–Crippen MR) is 72.8 cm³/mol. The minimum atomic E-state index is -4.73. The molecule has 5 nitrogen and oxygen atoms in total. The summed E-state index contributed by atoms with van der Waals surface area (Å²) in [5.41, 5.74) is 0.474. The van der Waals surface area contributed by atoms with Gasteiger partial charge in [0.15, 0.2) is 0 Å². The fourth-order valence-electron chi connectivity index (χ4n) is 2.27. The molecule has 0 atom stereocenters. The maximum atomic E-state index is 12.0. The van der Waals surface area contributed by atoms with Crippen LogP contribution in [0.5, 0.6) is 0 Å². The third kappa shape index (κ3) is 1.77. The van der Waals surface area contributed by atoms with Gasteiger partial charge in [-0.05, 0) is 28.5 Å². The summed E-state index contributed by atoms with van der Waals surface area (Å²) in [4.78, 5) is 22.8. The van der Waals surface area contributed by atoms with E-state index >= 15 is 0 Å². The second-order valence-corrected chi connectivity index (χ2v) is 5.78. The quantitative estimate of drug-likeness (QED) is 0.639. The Morgan fingerprint density at radius 2 is 1.60 bits per heavy atom. The van der Waals surface area contributed by atoms with Crippen molar-refractivity contribution in [2.24, 2.45) is 0 Å². The summed E-state index contributed by atoms with van der Waals surface area (Å²) in [6, 6.07) is 10.2. The van der Waals surface area contributed by atoms with Crippen molar-refractivity contribution in [3.8, 4) is 0 Å². The Morgan fingerprint density at radius 3 is 2.30 bits per heavy atom. The van der Waals surface area contributed by atoms with Gasteiger partial charge in [-0.2, -0.15) is 8.42 Å². The van der Waals surface area contributed by atoms with Gasteiger partial charge in [0.05, 0.1) is 0 Å². The lowest BCUT2D eigenvalue weighted by Crippen LogP contribution is -2.25. The van der Waals surface area contributed by atoms with Crippen molar-refractivity contribution in [2.75, 3.05) is 0 Å². The highest BCUT2D eigenvalue weighted by atomic mass is 32.2. The smallest absolute Gasteiger partial charge is 0.285 e. The fourth-order valence-corrected chi connectivity index (χ4v) is 2.87. The van der Waals surface area contributed by atoms with E-state index in [0.717, 1.165) is 11.5 Å². The summed E-state index contributed by atoms with van der Waals surface area (Å²) in [5.74, 6) is -2.14. The summed E-state index contributed by atoms with van der Waals surface area (Å²) in [6.07, 6.45) is 1.05. The van der Waals surface area contributed by atoms with Crippen molar-refractivity contribution in [3.05, 3.63) is 52.4 Å². The zero-order chi connectivity index (χ0) is 14.5. The number of allylic oxidation sites excluding steroid dienone is 1. The van der Waals surface area contributed by atoms with Gasteiger partial charge in [-0.3, -0.25) is 14.1 Å². The van der Waals surface area contributed by atoms with Crippen molar-refractivity contribution >= 4 is 38.5 Å². The lowest BCUT2D eigenvalue weighted by molar-refractivity contribution is -0.111. The molecule has 0 fully saturated rings. The van der Waals surface area contributed by atoms with Crippen molar-refractivity contribution in [1.82, 2.24) is 0 Å². The first kappa shape index (κ1) is 12.7. The molecule has 0 unspecified atom stereocenters. The second kappa shape index (κ2) is 4.09. The van der Waals surface area contributed by atoms with Gasteiger partial charge in [-0.15, -0.1) is 0 Å². The fraction of sp³-hybridized carbons (Fsp3) is 0. The maximum Gasteiger partial charge on any atom is 0.298 e. The van der Waals surface area contributed by atoms with Crippen LogP contribution in [0, 0.1) is 0 Å². The van der Waals surface area contributed by atoms with E-state index < -0.39 is 26.6 Å². The van der Waals surface area contributed by atoms with E-state index in [1.165, 1.54) is 6.07 Å². The van der Waals surface area contributed by atoms with Crippen molar-refractivity contribution in [1.29, 1.82) is 0 Å². The molecule has 0 radical (unpaired) electrons. The number of carbonyl (C=O) groups excluding carboxylic acids is 2. The van der Waals surface area contributed by atoms with Gasteiger partial charge in [-0.1, -0.05) is 30.3 Å². The third-order valence-electron chi connectivity index (χ3n) is 3.20. The van der Waals surface area contributed by atoms with Crippen LogP contribution in [-0.2, 0) is 14.9 Å². The number of Topliss-reactive ketones (excluding diaryl/α,β-unsaturated/α-hetero) is 2. The molecule has 2 aromatic rings. The van der Waals surface area contributed by atoms with Gasteiger partial charge in [0.25, 0.3) is 10.1 Å². The molecule has 1 aliphatic rings. The van der Waals surface area contributed by atoms with Gasteiger partial charge < -0.3 is 0 Å². The van der Waals surface area contributed by atoms with Gasteiger partial charge in [0, 0.05) is 5.56 Å². The van der Waals surface area contributed by atoms with Crippen LogP contribution in [0.4, 0.5) is 0 Å². The molecule has 100 valence electrons. The number of hydrogen-bond acceptors (Lipinski definition) is 4. The summed E-state index contributed by atoms with van der Waals surface area (Å²) in [5, 5.41) is 1.45. The van der Waals surface area contributed by atoms with Crippen LogP contribution >= 0.6 is 0 Å². The first-order valence-electron chi connectivity index (χ1n) is 5.69. The van der Waals surface area contributed by atoms with Crippen LogP contribution in [0.2, 0.25) is 0 Å². The Hall–Kier alpha value is -2.31. The van der Waals surface area contributed by atoms with Gasteiger partial charge in [0.1, 0.15) is 4.91 Å². The Morgan fingerprint density at radius 1 is 0.900 bits per heavy atom. The van der Waals surface area contributed by atoms with Crippen LogP contribution in [-0.4, -0.2) is 24.5 Å². The summed E-state index contributed by atoms with van der Waals surface area (Å²) >= 11 is 0.